The van der Waals surface area contributed by atoms with Crippen molar-refractivity contribution in [1.29, 1.82) is 0 Å². The first-order valence-corrected chi connectivity index (χ1v) is 13.4. The molecule has 0 saturated carbocycles. The second kappa shape index (κ2) is 9.20. The maximum Gasteiger partial charge on any atom is 0.242 e. The molecule has 0 radical (unpaired) electrons. The lowest BCUT2D eigenvalue weighted by molar-refractivity contribution is -0.134. The largest absolute Gasteiger partial charge is 0.367 e. The zero-order valence-electron chi connectivity index (χ0n) is 21.0. The van der Waals surface area contributed by atoms with Crippen LogP contribution in [0.4, 0.5) is 10.8 Å². The Morgan fingerprint density at radius 2 is 1.97 bits per heavy atom. The third-order valence-electron chi connectivity index (χ3n) is 7.50. The number of benzene rings is 1. The van der Waals surface area contributed by atoms with Crippen LogP contribution in [0.15, 0.2) is 42.9 Å². The molecule has 186 valence electrons. The molecule has 4 aromatic rings. The van der Waals surface area contributed by atoms with Crippen LogP contribution in [0.2, 0.25) is 0 Å². The van der Waals surface area contributed by atoms with Crippen molar-refractivity contribution >= 4 is 39.2 Å². The van der Waals surface area contributed by atoms with Gasteiger partial charge >= 0.3 is 0 Å². The van der Waals surface area contributed by atoms with Crippen LogP contribution >= 0.6 is 11.3 Å². The van der Waals surface area contributed by atoms with Gasteiger partial charge in [-0.05, 0) is 56.5 Å². The Kier molecular flexibility index (Phi) is 5.87. The summed E-state index contributed by atoms with van der Waals surface area (Å²) in [5, 5.41) is 1.12. The molecule has 9 heteroatoms. The number of carbonyl (C=O) groups excluding carboxylic acids is 1. The molecule has 1 saturated heterocycles. The maximum absolute atomic E-state index is 13.2. The lowest BCUT2D eigenvalue weighted by atomic mass is 9.97. The minimum atomic E-state index is 0.114. The van der Waals surface area contributed by atoms with Crippen molar-refractivity contribution in [2.75, 3.05) is 36.0 Å². The monoisotopic (exact) mass is 501 g/mol. The van der Waals surface area contributed by atoms with Gasteiger partial charge in [0.2, 0.25) is 5.91 Å². The highest BCUT2D eigenvalue weighted by Gasteiger charge is 2.30. The fraction of sp³-hybridized carbons (Fsp3) is 0.407. The Hall–Kier alpha value is -3.46. The lowest BCUT2D eigenvalue weighted by Gasteiger charge is -2.42. The summed E-state index contributed by atoms with van der Waals surface area (Å²) in [7, 11) is 0. The number of amides is 1. The summed E-state index contributed by atoms with van der Waals surface area (Å²) in [4.78, 5) is 35.0. The summed E-state index contributed by atoms with van der Waals surface area (Å²) >= 11 is 1.79. The summed E-state index contributed by atoms with van der Waals surface area (Å²) in [6.45, 7) is 10.9. The van der Waals surface area contributed by atoms with Gasteiger partial charge in [-0.15, -0.1) is 11.3 Å². The molecular weight excluding hydrogens is 470 g/mol. The molecule has 0 aliphatic carbocycles. The molecule has 8 nitrogen and oxygen atoms in total. The van der Waals surface area contributed by atoms with E-state index in [1.54, 1.807) is 23.9 Å². The molecule has 1 aromatic carbocycles. The number of thiazole rings is 1. The van der Waals surface area contributed by atoms with Crippen molar-refractivity contribution in [3.8, 4) is 0 Å². The molecule has 36 heavy (non-hydrogen) atoms. The third kappa shape index (κ3) is 4.11. The molecule has 1 fully saturated rings. The van der Waals surface area contributed by atoms with E-state index < -0.39 is 0 Å². The van der Waals surface area contributed by atoms with Crippen LogP contribution in [0.5, 0.6) is 0 Å². The van der Waals surface area contributed by atoms with Gasteiger partial charge in [0.15, 0.2) is 10.8 Å². The first kappa shape index (κ1) is 23.0. The molecule has 6 rings (SSSR count). The van der Waals surface area contributed by atoms with Gasteiger partial charge in [-0.25, -0.2) is 15.0 Å². The van der Waals surface area contributed by atoms with Crippen molar-refractivity contribution < 1.29 is 4.79 Å². The van der Waals surface area contributed by atoms with Gasteiger partial charge in [-0.1, -0.05) is 12.1 Å². The van der Waals surface area contributed by atoms with Crippen LogP contribution in [0.1, 0.15) is 28.6 Å². The van der Waals surface area contributed by atoms with Gasteiger partial charge in [-0.2, -0.15) is 0 Å². The van der Waals surface area contributed by atoms with Crippen molar-refractivity contribution in [2.24, 2.45) is 0 Å². The summed E-state index contributed by atoms with van der Waals surface area (Å²) in [6, 6.07) is 10.6. The van der Waals surface area contributed by atoms with Gasteiger partial charge in [0.1, 0.15) is 12.1 Å². The first-order chi connectivity index (χ1) is 17.5. The highest BCUT2D eigenvalue weighted by molar-refractivity contribution is 7.15. The number of carbonyl (C=O) groups is 1. The van der Waals surface area contributed by atoms with Crippen LogP contribution in [-0.2, 0) is 24.3 Å². The third-order valence-corrected chi connectivity index (χ3v) is 8.64. The Morgan fingerprint density at radius 1 is 1.08 bits per heavy atom. The van der Waals surface area contributed by atoms with E-state index in [1.165, 1.54) is 21.7 Å². The normalized spacial score (nSPS) is 18.1. The zero-order valence-corrected chi connectivity index (χ0v) is 21.8. The van der Waals surface area contributed by atoms with Crippen molar-refractivity contribution in [2.45, 2.75) is 46.3 Å². The van der Waals surface area contributed by atoms with Crippen molar-refractivity contribution in [3.63, 3.8) is 0 Å². The van der Waals surface area contributed by atoms with Crippen LogP contribution in [0.3, 0.4) is 0 Å². The van der Waals surface area contributed by atoms with E-state index in [1.807, 2.05) is 21.6 Å². The molecule has 0 spiro atoms. The molecule has 0 unspecified atom stereocenters. The highest BCUT2D eigenvalue weighted by Crippen LogP contribution is 2.34. The van der Waals surface area contributed by atoms with E-state index >= 15 is 0 Å². The van der Waals surface area contributed by atoms with E-state index in [0.717, 1.165) is 54.6 Å². The van der Waals surface area contributed by atoms with Gasteiger partial charge in [0, 0.05) is 55.5 Å². The molecule has 3 aromatic heterocycles. The second-order valence-electron chi connectivity index (χ2n) is 9.83. The van der Waals surface area contributed by atoms with Crippen molar-refractivity contribution in [3.05, 3.63) is 64.6 Å². The number of nitrogens with zero attached hydrogens (tertiary/aromatic N) is 7. The Balaban J connectivity index is 1.17. The molecule has 2 aliphatic heterocycles. The smallest absolute Gasteiger partial charge is 0.242 e. The molecule has 0 N–H and O–H groups in total. The lowest BCUT2D eigenvalue weighted by Crippen LogP contribution is -2.55. The summed E-state index contributed by atoms with van der Waals surface area (Å²) in [6.07, 6.45) is 4.48. The summed E-state index contributed by atoms with van der Waals surface area (Å²) in [5.74, 6) is 0.114. The van der Waals surface area contributed by atoms with E-state index in [2.05, 4.69) is 58.7 Å². The number of pyridine rings is 1. The van der Waals surface area contributed by atoms with Gasteiger partial charge < -0.3 is 19.3 Å². The standard InChI is InChI=1S/C27H31N7OS/c1-18-14-31(12-13-34(18)25(35)16-33-17-29-23-7-5-10-28-26(23)33)24-8-4-6-21-9-11-32(15-22(21)24)27-30-19(2)20(3)36-27/h4-8,10,17-18H,9,11-16H2,1-3H3/t18-/m1/s1. The fourth-order valence-corrected chi connectivity index (χ4v) is 6.34. The molecule has 0 bridgehead atoms. The number of anilines is 2. The molecule has 5 heterocycles. The average molecular weight is 502 g/mol. The number of piperazine rings is 1. The minimum Gasteiger partial charge on any atom is -0.367 e. The maximum atomic E-state index is 13.2. The number of hydrogen-bond acceptors (Lipinski definition) is 7. The second-order valence-corrected chi connectivity index (χ2v) is 11.0. The SMILES string of the molecule is Cc1nc(N2CCc3cccc(N4CCN(C(=O)Cn5cnc6cccnc65)[C@H](C)C4)c3C2)sc1C. The highest BCUT2D eigenvalue weighted by atomic mass is 32.1. The summed E-state index contributed by atoms with van der Waals surface area (Å²) in [5.41, 5.74) is 6.82. The molecule has 2 aliphatic rings. The van der Waals surface area contributed by atoms with Crippen LogP contribution in [0.25, 0.3) is 11.2 Å². The topological polar surface area (TPSA) is 70.4 Å². The first-order valence-electron chi connectivity index (χ1n) is 12.6. The van der Waals surface area contributed by atoms with E-state index in [0.29, 0.717) is 6.54 Å². The Labute approximate surface area is 215 Å². The number of rotatable bonds is 4. The minimum absolute atomic E-state index is 0.114. The molecule has 1 atom stereocenters. The quantitative estimate of drug-likeness (QED) is 0.424. The number of aromatic nitrogens is 4. The van der Waals surface area contributed by atoms with E-state index in [-0.39, 0.29) is 18.5 Å². The van der Waals surface area contributed by atoms with Gasteiger partial charge in [0.05, 0.1) is 12.0 Å². The van der Waals surface area contributed by atoms with E-state index in [4.69, 9.17) is 4.98 Å². The zero-order chi connectivity index (χ0) is 24.8. The number of imidazole rings is 1. The fourth-order valence-electron chi connectivity index (χ4n) is 5.41. The van der Waals surface area contributed by atoms with Gasteiger partial charge in [0.25, 0.3) is 0 Å². The number of aryl methyl sites for hydroxylation is 2. The van der Waals surface area contributed by atoms with Gasteiger partial charge in [-0.3, -0.25) is 4.79 Å². The Bertz CT molecular complexity index is 1410. The Morgan fingerprint density at radius 3 is 2.78 bits per heavy atom. The predicted octanol–water partition coefficient (Wildman–Crippen LogP) is 3.80. The number of hydrogen-bond donors (Lipinski definition) is 0. The van der Waals surface area contributed by atoms with Crippen LogP contribution in [-0.4, -0.2) is 62.5 Å². The average Bonchev–Trinajstić information content (AvgIpc) is 3.45. The number of fused-ring (bicyclic) bond motifs is 2. The van der Waals surface area contributed by atoms with Crippen LogP contribution in [0, 0.1) is 13.8 Å². The van der Waals surface area contributed by atoms with Crippen LogP contribution < -0.4 is 9.80 Å². The molecule has 1 amide bonds. The van der Waals surface area contributed by atoms with E-state index in [9.17, 15) is 4.79 Å². The van der Waals surface area contributed by atoms with Crippen molar-refractivity contribution in [1.82, 2.24) is 24.4 Å². The molecular formula is C27H31N7OS. The predicted molar refractivity (Wildman–Crippen MR) is 144 cm³/mol. The summed E-state index contributed by atoms with van der Waals surface area (Å²) < 4.78 is 1.85.